The first-order valence-corrected chi connectivity index (χ1v) is 7.78. The van der Waals surface area contributed by atoms with E-state index in [-0.39, 0.29) is 11.7 Å². The van der Waals surface area contributed by atoms with Crippen LogP contribution in [-0.4, -0.2) is 6.61 Å². The zero-order valence-corrected chi connectivity index (χ0v) is 12.4. The molecule has 2 unspecified atom stereocenters. The van der Waals surface area contributed by atoms with Crippen LogP contribution in [0.4, 0.5) is 8.78 Å². The maximum atomic E-state index is 14.2. The number of ether oxygens (including phenoxy) is 1. The van der Waals surface area contributed by atoms with E-state index in [1.165, 1.54) is 19.3 Å². The summed E-state index contributed by atoms with van der Waals surface area (Å²) in [5.74, 6) is -0.677. The maximum absolute atomic E-state index is 14.2. The largest absolute Gasteiger partial charge is 0.491 e. The van der Waals surface area contributed by atoms with Crippen molar-refractivity contribution in [3.63, 3.8) is 0 Å². The minimum atomic E-state index is -0.832. The Bertz CT molecular complexity index is 445. The molecule has 1 aromatic rings. The maximum Gasteiger partial charge on any atom is 0.200 e. The second-order valence-electron chi connectivity index (χ2n) is 5.73. The molecule has 0 saturated heterocycles. The molecule has 3 heteroatoms. The van der Waals surface area contributed by atoms with Gasteiger partial charge in [0.05, 0.1) is 6.61 Å². The summed E-state index contributed by atoms with van der Waals surface area (Å²) in [6.07, 6.45) is 6.75. The van der Waals surface area contributed by atoms with Gasteiger partial charge >= 0.3 is 0 Å². The number of benzene rings is 1. The fraction of sp³-hybridized carbons (Fsp3) is 0.647. The predicted molar refractivity (Wildman–Crippen MR) is 77.1 cm³/mol. The Balaban J connectivity index is 2.08. The highest BCUT2D eigenvalue weighted by Gasteiger charge is 2.29. The van der Waals surface area contributed by atoms with Crippen molar-refractivity contribution in [2.24, 2.45) is 5.92 Å². The number of hydrogen-bond donors (Lipinski definition) is 0. The van der Waals surface area contributed by atoms with Gasteiger partial charge in [-0.25, -0.2) is 4.39 Å². The van der Waals surface area contributed by atoms with Gasteiger partial charge in [0.15, 0.2) is 11.6 Å². The van der Waals surface area contributed by atoms with E-state index in [4.69, 9.17) is 4.74 Å². The molecule has 0 amide bonds. The molecule has 0 aliphatic heterocycles. The minimum Gasteiger partial charge on any atom is -0.491 e. The van der Waals surface area contributed by atoms with E-state index < -0.39 is 11.6 Å². The molecule has 1 saturated carbocycles. The Hall–Kier alpha value is -1.12. The summed E-state index contributed by atoms with van der Waals surface area (Å²) >= 11 is 0. The summed E-state index contributed by atoms with van der Waals surface area (Å²) in [4.78, 5) is 0. The highest BCUT2D eigenvalue weighted by atomic mass is 19.2. The summed E-state index contributed by atoms with van der Waals surface area (Å²) in [5.41, 5.74) is 0.532. The average molecular weight is 282 g/mol. The third-order valence-electron chi connectivity index (χ3n) is 4.32. The summed E-state index contributed by atoms with van der Waals surface area (Å²) < 4.78 is 33.2. The molecule has 1 aliphatic rings. The van der Waals surface area contributed by atoms with E-state index in [9.17, 15) is 8.78 Å². The van der Waals surface area contributed by atoms with Crippen LogP contribution in [0.15, 0.2) is 12.1 Å². The molecule has 0 aromatic heterocycles. The summed E-state index contributed by atoms with van der Waals surface area (Å²) in [6.45, 7) is 4.30. The van der Waals surface area contributed by atoms with Crippen LogP contribution in [0.5, 0.6) is 5.75 Å². The van der Waals surface area contributed by atoms with E-state index >= 15 is 0 Å². The molecule has 1 aromatic carbocycles. The smallest absolute Gasteiger partial charge is 0.200 e. The van der Waals surface area contributed by atoms with Gasteiger partial charge in [-0.3, -0.25) is 0 Å². The second kappa shape index (κ2) is 7.05. The number of hydrogen-bond acceptors (Lipinski definition) is 1. The van der Waals surface area contributed by atoms with Gasteiger partial charge in [0.25, 0.3) is 0 Å². The molecule has 0 spiro atoms. The SMILES string of the molecule is CCCCC1CCC(c2ccc(OCC)c(F)c2F)C1. The Kier molecular flexibility index (Phi) is 5.38. The Morgan fingerprint density at radius 2 is 1.95 bits per heavy atom. The van der Waals surface area contributed by atoms with Gasteiger partial charge < -0.3 is 4.74 Å². The lowest BCUT2D eigenvalue weighted by molar-refractivity contribution is 0.312. The van der Waals surface area contributed by atoms with Crippen molar-refractivity contribution in [2.45, 2.75) is 58.3 Å². The first-order valence-electron chi connectivity index (χ1n) is 7.78. The van der Waals surface area contributed by atoms with Crippen LogP contribution in [0.3, 0.4) is 0 Å². The van der Waals surface area contributed by atoms with Crippen LogP contribution in [0.1, 0.15) is 63.9 Å². The lowest BCUT2D eigenvalue weighted by atomic mass is 9.94. The molecule has 2 rings (SSSR count). The van der Waals surface area contributed by atoms with Crippen molar-refractivity contribution in [1.29, 1.82) is 0 Å². The molecule has 0 bridgehead atoms. The van der Waals surface area contributed by atoms with Gasteiger partial charge in [-0.15, -0.1) is 0 Å². The van der Waals surface area contributed by atoms with Crippen molar-refractivity contribution < 1.29 is 13.5 Å². The molecule has 0 radical (unpaired) electrons. The lowest BCUT2D eigenvalue weighted by Gasteiger charge is -2.14. The van der Waals surface area contributed by atoms with Crippen molar-refractivity contribution in [2.75, 3.05) is 6.61 Å². The summed E-state index contributed by atoms with van der Waals surface area (Å²) in [6, 6.07) is 3.27. The molecule has 112 valence electrons. The first kappa shape index (κ1) is 15.3. The molecule has 0 N–H and O–H groups in total. The van der Waals surface area contributed by atoms with Gasteiger partial charge in [-0.05, 0) is 49.7 Å². The van der Waals surface area contributed by atoms with Gasteiger partial charge in [-0.2, -0.15) is 4.39 Å². The third kappa shape index (κ3) is 3.31. The van der Waals surface area contributed by atoms with Crippen molar-refractivity contribution in [3.05, 3.63) is 29.3 Å². The highest BCUT2D eigenvalue weighted by molar-refractivity contribution is 5.33. The molecule has 2 atom stereocenters. The van der Waals surface area contributed by atoms with Crippen LogP contribution < -0.4 is 4.74 Å². The predicted octanol–water partition coefficient (Wildman–Crippen LogP) is 5.44. The fourth-order valence-electron chi connectivity index (χ4n) is 3.24. The highest BCUT2D eigenvalue weighted by Crippen LogP contribution is 2.42. The molecule has 20 heavy (non-hydrogen) atoms. The van der Waals surface area contributed by atoms with Gasteiger partial charge in [0.2, 0.25) is 5.82 Å². The summed E-state index contributed by atoms with van der Waals surface area (Å²) in [7, 11) is 0. The van der Waals surface area contributed by atoms with Crippen LogP contribution >= 0.6 is 0 Å². The topological polar surface area (TPSA) is 9.23 Å². The Morgan fingerprint density at radius 3 is 2.65 bits per heavy atom. The minimum absolute atomic E-state index is 0.0225. The monoisotopic (exact) mass is 282 g/mol. The second-order valence-corrected chi connectivity index (χ2v) is 5.73. The average Bonchev–Trinajstić information content (AvgIpc) is 2.90. The number of halogens is 2. The lowest BCUT2D eigenvalue weighted by Crippen LogP contribution is -2.04. The van der Waals surface area contributed by atoms with E-state index in [1.54, 1.807) is 19.1 Å². The fourth-order valence-corrected chi connectivity index (χ4v) is 3.24. The van der Waals surface area contributed by atoms with E-state index in [0.717, 1.165) is 19.3 Å². The third-order valence-corrected chi connectivity index (χ3v) is 4.32. The van der Waals surface area contributed by atoms with Crippen molar-refractivity contribution in [3.8, 4) is 5.75 Å². The Morgan fingerprint density at radius 1 is 1.15 bits per heavy atom. The van der Waals surface area contributed by atoms with E-state index in [0.29, 0.717) is 18.1 Å². The number of unbranched alkanes of at least 4 members (excludes halogenated alkanes) is 1. The van der Waals surface area contributed by atoms with Gasteiger partial charge in [0.1, 0.15) is 0 Å². The molecular formula is C17H24F2O. The van der Waals surface area contributed by atoms with Crippen LogP contribution in [0, 0.1) is 17.6 Å². The molecule has 0 heterocycles. The van der Waals surface area contributed by atoms with Crippen LogP contribution in [0.25, 0.3) is 0 Å². The van der Waals surface area contributed by atoms with Crippen molar-refractivity contribution in [1.82, 2.24) is 0 Å². The van der Waals surface area contributed by atoms with E-state index in [1.807, 2.05) is 0 Å². The van der Waals surface area contributed by atoms with Crippen molar-refractivity contribution >= 4 is 0 Å². The van der Waals surface area contributed by atoms with Crippen LogP contribution in [-0.2, 0) is 0 Å². The first-order chi connectivity index (χ1) is 9.67. The molecule has 1 nitrogen and oxygen atoms in total. The quantitative estimate of drug-likeness (QED) is 0.675. The summed E-state index contributed by atoms with van der Waals surface area (Å²) in [5, 5.41) is 0. The zero-order valence-electron chi connectivity index (χ0n) is 12.4. The number of rotatable bonds is 6. The molecular weight excluding hydrogens is 258 g/mol. The van der Waals surface area contributed by atoms with Gasteiger partial charge in [-0.1, -0.05) is 32.3 Å². The zero-order chi connectivity index (χ0) is 14.5. The Labute approximate surface area is 120 Å². The standard InChI is InChI=1S/C17H24F2O/c1-3-5-6-12-7-8-13(11-12)14-9-10-15(20-4-2)17(19)16(14)18/h9-10,12-13H,3-8,11H2,1-2H3. The molecule has 1 fully saturated rings. The van der Waals surface area contributed by atoms with Gasteiger partial charge in [0, 0.05) is 0 Å². The van der Waals surface area contributed by atoms with Crippen LogP contribution in [0.2, 0.25) is 0 Å². The molecule has 1 aliphatic carbocycles. The van der Waals surface area contributed by atoms with E-state index in [2.05, 4.69) is 6.92 Å². The normalized spacial score (nSPS) is 22.2.